The summed E-state index contributed by atoms with van der Waals surface area (Å²) >= 11 is 0. The van der Waals surface area contributed by atoms with Crippen LogP contribution in [0.5, 0.6) is 5.75 Å². The van der Waals surface area contributed by atoms with Crippen LogP contribution in [0, 0.1) is 6.92 Å². The van der Waals surface area contributed by atoms with E-state index in [-0.39, 0.29) is 11.9 Å². The van der Waals surface area contributed by atoms with Gasteiger partial charge in [0.2, 0.25) is 0 Å². The first kappa shape index (κ1) is 9.40. The van der Waals surface area contributed by atoms with Crippen molar-refractivity contribution in [2.75, 3.05) is 6.61 Å². The largest absolute Gasteiger partial charge is 0.435 e. The maximum absolute atomic E-state index is 12.0. The van der Waals surface area contributed by atoms with Crippen LogP contribution in [0.3, 0.4) is 0 Å². The summed E-state index contributed by atoms with van der Waals surface area (Å²) < 4.78 is 33.4. The van der Waals surface area contributed by atoms with Gasteiger partial charge in [-0.1, -0.05) is 12.1 Å². The number of alkyl halides is 2. The highest BCUT2D eigenvalue weighted by Crippen LogP contribution is 2.33. The molecule has 2 nitrogen and oxygen atoms in total. The number of ether oxygens (including phenoxy) is 2. The first-order chi connectivity index (χ1) is 6.66. The molecule has 1 saturated heterocycles. The molecule has 1 fully saturated rings. The first-order valence-corrected chi connectivity index (χ1v) is 4.34. The Kier molecular flexibility index (Phi) is 2.37. The fourth-order valence-electron chi connectivity index (χ4n) is 1.28. The monoisotopic (exact) mass is 200 g/mol. The fourth-order valence-corrected chi connectivity index (χ4v) is 1.28. The smallest absolute Gasteiger partial charge is 0.387 e. The molecule has 4 heteroatoms. The van der Waals surface area contributed by atoms with Gasteiger partial charge in [-0.15, -0.1) is 0 Å². The molecule has 0 spiro atoms. The molecular weight excluding hydrogens is 190 g/mol. The Hall–Kier alpha value is -1.16. The molecule has 1 heterocycles. The van der Waals surface area contributed by atoms with Crippen LogP contribution in [0.1, 0.15) is 17.2 Å². The standard InChI is InChI=1S/C10H10F2O2/c1-6-2-3-7(9-5-13-9)4-8(6)14-10(11)12/h2-4,9-10H,5H2,1H3/t9-/m1/s1. The number of hydrogen-bond donors (Lipinski definition) is 0. The lowest BCUT2D eigenvalue weighted by atomic mass is 10.1. The SMILES string of the molecule is Cc1ccc([C@H]2CO2)cc1OC(F)F. The van der Waals surface area contributed by atoms with Crippen molar-refractivity contribution in [3.8, 4) is 5.75 Å². The van der Waals surface area contributed by atoms with Crippen LogP contribution in [0.15, 0.2) is 18.2 Å². The first-order valence-electron chi connectivity index (χ1n) is 4.34. The van der Waals surface area contributed by atoms with Crippen LogP contribution in [-0.4, -0.2) is 13.2 Å². The molecule has 0 N–H and O–H groups in total. The van der Waals surface area contributed by atoms with Crippen LogP contribution in [0.4, 0.5) is 8.78 Å². The number of hydrogen-bond acceptors (Lipinski definition) is 2. The molecule has 0 unspecified atom stereocenters. The Bertz CT molecular complexity index is 335. The molecule has 1 atom stereocenters. The molecule has 0 amide bonds. The van der Waals surface area contributed by atoms with Crippen molar-refractivity contribution >= 4 is 0 Å². The van der Waals surface area contributed by atoms with E-state index >= 15 is 0 Å². The minimum atomic E-state index is -2.77. The summed E-state index contributed by atoms with van der Waals surface area (Å²) in [6.07, 6.45) is 0.0654. The van der Waals surface area contributed by atoms with Gasteiger partial charge in [-0.2, -0.15) is 8.78 Å². The zero-order valence-corrected chi connectivity index (χ0v) is 7.67. The summed E-state index contributed by atoms with van der Waals surface area (Å²) in [5.74, 6) is 0.230. The number of rotatable bonds is 3. The molecule has 1 aliphatic heterocycles. The van der Waals surface area contributed by atoms with Crippen molar-refractivity contribution in [3.05, 3.63) is 29.3 Å². The zero-order chi connectivity index (χ0) is 10.1. The van der Waals surface area contributed by atoms with Crippen molar-refractivity contribution in [2.24, 2.45) is 0 Å². The molecule has 1 aromatic rings. The molecular formula is C10H10F2O2. The fraction of sp³-hybridized carbons (Fsp3) is 0.400. The van der Waals surface area contributed by atoms with E-state index in [4.69, 9.17) is 4.74 Å². The van der Waals surface area contributed by atoms with Crippen molar-refractivity contribution < 1.29 is 18.3 Å². The Balaban J connectivity index is 2.22. The van der Waals surface area contributed by atoms with E-state index in [9.17, 15) is 8.78 Å². The Morgan fingerprint density at radius 1 is 1.50 bits per heavy atom. The molecule has 14 heavy (non-hydrogen) atoms. The van der Waals surface area contributed by atoms with E-state index in [0.29, 0.717) is 12.2 Å². The van der Waals surface area contributed by atoms with Gasteiger partial charge in [0.1, 0.15) is 11.9 Å². The second-order valence-corrected chi connectivity index (χ2v) is 3.23. The van der Waals surface area contributed by atoms with Gasteiger partial charge in [-0.05, 0) is 24.1 Å². The van der Waals surface area contributed by atoms with E-state index < -0.39 is 6.61 Å². The van der Waals surface area contributed by atoms with Gasteiger partial charge in [0.05, 0.1) is 6.61 Å². The van der Waals surface area contributed by atoms with E-state index in [1.165, 1.54) is 0 Å². The van der Waals surface area contributed by atoms with Gasteiger partial charge in [0.25, 0.3) is 0 Å². The average molecular weight is 200 g/mol. The lowest BCUT2D eigenvalue weighted by molar-refractivity contribution is -0.0503. The second-order valence-electron chi connectivity index (χ2n) is 3.23. The highest BCUT2D eigenvalue weighted by Gasteiger charge is 2.25. The molecule has 0 bridgehead atoms. The van der Waals surface area contributed by atoms with Gasteiger partial charge >= 0.3 is 6.61 Å². The summed E-state index contributed by atoms with van der Waals surface area (Å²) in [5, 5.41) is 0. The van der Waals surface area contributed by atoms with Crippen molar-refractivity contribution in [1.82, 2.24) is 0 Å². The third-order valence-corrected chi connectivity index (χ3v) is 2.13. The van der Waals surface area contributed by atoms with Crippen LogP contribution < -0.4 is 4.74 Å². The van der Waals surface area contributed by atoms with Gasteiger partial charge in [-0.3, -0.25) is 0 Å². The molecule has 1 aromatic carbocycles. The lowest BCUT2D eigenvalue weighted by Gasteiger charge is -2.08. The van der Waals surface area contributed by atoms with Gasteiger partial charge in [0, 0.05) is 0 Å². The zero-order valence-electron chi connectivity index (χ0n) is 7.67. The third kappa shape index (κ3) is 2.01. The molecule has 1 aliphatic rings. The summed E-state index contributed by atoms with van der Waals surface area (Å²) in [6.45, 7) is -0.379. The highest BCUT2D eigenvalue weighted by atomic mass is 19.3. The molecule has 2 rings (SSSR count). The van der Waals surface area contributed by atoms with Gasteiger partial charge in [-0.25, -0.2) is 0 Å². The minimum Gasteiger partial charge on any atom is -0.435 e. The van der Waals surface area contributed by atoms with E-state index in [0.717, 1.165) is 5.56 Å². The predicted octanol–water partition coefficient (Wildman–Crippen LogP) is 2.67. The van der Waals surface area contributed by atoms with Crippen molar-refractivity contribution in [2.45, 2.75) is 19.6 Å². The maximum Gasteiger partial charge on any atom is 0.387 e. The third-order valence-electron chi connectivity index (χ3n) is 2.13. The van der Waals surface area contributed by atoms with Crippen LogP contribution >= 0.6 is 0 Å². The van der Waals surface area contributed by atoms with Gasteiger partial charge < -0.3 is 9.47 Å². The molecule has 0 radical (unpaired) electrons. The van der Waals surface area contributed by atoms with E-state index in [1.54, 1.807) is 19.1 Å². The van der Waals surface area contributed by atoms with Crippen LogP contribution in [-0.2, 0) is 4.74 Å². The van der Waals surface area contributed by atoms with Gasteiger partial charge in [0.15, 0.2) is 0 Å². The lowest BCUT2D eigenvalue weighted by Crippen LogP contribution is -2.03. The maximum atomic E-state index is 12.0. The van der Waals surface area contributed by atoms with Crippen molar-refractivity contribution in [3.63, 3.8) is 0 Å². The van der Waals surface area contributed by atoms with E-state index in [1.807, 2.05) is 6.07 Å². The van der Waals surface area contributed by atoms with Crippen molar-refractivity contribution in [1.29, 1.82) is 0 Å². The van der Waals surface area contributed by atoms with E-state index in [2.05, 4.69) is 4.74 Å². The quantitative estimate of drug-likeness (QED) is 0.699. The second kappa shape index (κ2) is 3.53. The molecule has 0 aliphatic carbocycles. The molecule has 76 valence electrons. The summed E-state index contributed by atoms with van der Waals surface area (Å²) in [5.41, 5.74) is 1.60. The minimum absolute atomic E-state index is 0.0654. The summed E-state index contributed by atoms with van der Waals surface area (Å²) in [4.78, 5) is 0. The normalized spacial score (nSPS) is 19.9. The number of epoxide rings is 1. The van der Waals surface area contributed by atoms with Crippen LogP contribution in [0.25, 0.3) is 0 Å². The summed E-state index contributed by atoms with van der Waals surface area (Å²) in [7, 11) is 0. The Morgan fingerprint density at radius 3 is 2.79 bits per heavy atom. The Labute approximate surface area is 80.4 Å². The Morgan fingerprint density at radius 2 is 2.21 bits per heavy atom. The molecule has 0 saturated carbocycles. The topological polar surface area (TPSA) is 21.8 Å². The average Bonchev–Trinajstić information content (AvgIpc) is 2.91. The number of aryl methyl sites for hydroxylation is 1. The summed E-state index contributed by atoms with van der Waals surface area (Å²) in [6, 6.07) is 5.24. The number of halogens is 2. The molecule has 0 aromatic heterocycles. The highest BCUT2D eigenvalue weighted by molar-refractivity contribution is 5.38. The number of benzene rings is 1. The van der Waals surface area contributed by atoms with Crippen LogP contribution in [0.2, 0.25) is 0 Å². The predicted molar refractivity (Wildman–Crippen MR) is 46.5 cm³/mol.